The van der Waals surface area contributed by atoms with Crippen molar-refractivity contribution >= 4 is 11.7 Å². The van der Waals surface area contributed by atoms with E-state index in [0.717, 1.165) is 29.8 Å². The minimum absolute atomic E-state index is 0.187. The highest BCUT2D eigenvalue weighted by Crippen LogP contribution is 2.20. The van der Waals surface area contributed by atoms with Crippen LogP contribution in [0.2, 0.25) is 0 Å². The lowest BCUT2D eigenvalue weighted by molar-refractivity contribution is 0.195. The summed E-state index contributed by atoms with van der Waals surface area (Å²) in [5.41, 5.74) is 3.03. The molecule has 0 aliphatic carbocycles. The van der Waals surface area contributed by atoms with E-state index in [1.165, 1.54) is 0 Å². The van der Waals surface area contributed by atoms with Crippen LogP contribution >= 0.6 is 0 Å². The number of rotatable bonds is 5. The SMILES string of the molecule is CCNC1CC(C)NC(NC(=O)Nc2ccc(-c3ccccc3)cc2)N1. The summed E-state index contributed by atoms with van der Waals surface area (Å²) in [5.74, 6) is 0. The molecular weight excluding hydrogens is 326 g/mol. The summed E-state index contributed by atoms with van der Waals surface area (Å²) in [6, 6.07) is 18.1. The molecule has 6 nitrogen and oxygen atoms in total. The molecule has 0 spiro atoms. The first-order valence-corrected chi connectivity index (χ1v) is 9.12. The Kier molecular flexibility index (Phi) is 6.22. The Labute approximate surface area is 154 Å². The van der Waals surface area contributed by atoms with Crippen molar-refractivity contribution in [3.05, 3.63) is 54.6 Å². The minimum Gasteiger partial charge on any atom is -0.310 e. The molecule has 0 aromatic heterocycles. The van der Waals surface area contributed by atoms with Crippen molar-refractivity contribution in [2.24, 2.45) is 0 Å². The quantitative estimate of drug-likeness (QED) is 0.573. The number of urea groups is 1. The van der Waals surface area contributed by atoms with Gasteiger partial charge in [0.05, 0.1) is 6.17 Å². The van der Waals surface area contributed by atoms with E-state index in [-0.39, 0.29) is 18.5 Å². The van der Waals surface area contributed by atoms with Crippen LogP contribution in [0.5, 0.6) is 0 Å². The molecule has 2 aromatic carbocycles. The molecule has 5 N–H and O–H groups in total. The van der Waals surface area contributed by atoms with Gasteiger partial charge in [-0.3, -0.25) is 10.6 Å². The minimum atomic E-state index is -0.272. The van der Waals surface area contributed by atoms with E-state index >= 15 is 0 Å². The molecule has 0 saturated carbocycles. The topological polar surface area (TPSA) is 77.2 Å². The van der Waals surface area contributed by atoms with Gasteiger partial charge < -0.3 is 16.0 Å². The van der Waals surface area contributed by atoms with Crippen LogP contribution in [0.3, 0.4) is 0 Å². The van der Waals surface area contributed by atoms with Gasteiger partial charge in [0.15, 0.2) is 0 Å². The van der Waals surface area contributed by atoms with Crippen LogP contribution in [0.15, 0.2) is 54.6 Å². The van der Waals surface area contributed by atoms with Gasteiger partial charge in [0.25, 0.3) is 0 Å². The number of amides is 2. The third-order valence-electron chi connectivity index (χ3n) is 4.38. The average Bonchev–Trinajstić information content (AvgIpc) is 2.63. The van der Waals surface area contributed by atoms with E-state index in [1.807, 2.05) is 42.5 Å². The van der Waals surface area contributed by atoms with Crippen molar-refractivity contribution in [1.82, 2.24) is 21.3 Å². The van der Waals surface area contributed by atoms with Gasteiger partial charge in [-0.05, 0) is 43.1 Å². The van der Waals surface area contributed by atoms with Crippen molar-refractivity contribution in [1.29, 1.82) is 0 Å². The predicted molar refractivity (Wildman–Crippen MR) is 106 cm³/mol. The van der Waals surface area contributed by atoms with E-state index < -0.39 is 0 Å². The lowest BCUT2D eigenvalue weighted by Crippen LogP contribution is -2.67. The fourth-order valence-corrected chi connectivity index (χ4v) is 3.17. The monoisotopic (exact) mass is 353 g/mol. The first-order chi connectivity index (χ1) is 12.6. The molecule has 6 heteroatoms. The number of carbonyl (C=O) groups is 1. The van der Waals surface area contributed by atoms with Crippen LogP contribution in [0.4, 0.5) is 10.5 Å². The average molecular weight is 353 g/mol. The van der Waals surface area contributed by atoms with Gasteiger partial charge in [0.1, 0.15) is 6.29 Å². The van der Waals surface area contributed by atoms with Gasteiger partial charge in [0, 0.05) is 11.7 Å². The van der Waals surface area contributed by atoms with Crippen molar-refractivity contribution < 1.29 is 4.79 Å². The van der Waals surface area contributed by atoms with Gasteiger partial charge in [-0.2, -0.15) is 0 Å². The predicted octanol–water partition coefficient (Wildman–Crippen LogP) is 2.67. The van der Waals surface area contributed by atoms with Gasteiger partial charge in [0.2, 0.25) is 0 Å². The Morgan fingerprint density at radius 1 is 1.04 bits per heavy atom. The highest BCUT2D eigenvalue weighted by Gasteiger charge is 2.25. The first-order valence-electron chi connectivity index (χ1n) is 9.12. The molecule has 2 amide bonds. The highest BCUT2D eigenvalue weighted by molar-refractivity contribution is 5.89. The molecule has 0 radical (unpaired) electrons. The number of hydrogen-bond acceptors (Lipinski definition) is 4. The molecule has 1 saturated heterocycles. The van der Waals surface area contributed by atoms with Crippen LogP contribution in [0.25, 0.3) is 11.1 Å². The Balaban J connectivity index is 1.54. The molecule has 138 valence electrons. The van der Waals surface area contributed by atoms with E-state index in [1.54, 1.807) is 0 Å². The molecule has 1 fully saturated rings. The molecule has 1 heterocycles. The summed E-state index contributed by atoms with van der Waals surface area (Å²) in [7, 11) is 0. The zero-order valence-corrected chi connectivity index (χ0v) is 15.3. The van der Waals surface area contributed by atoms with Crippen molar-refractivity contribution in [3.8, 4) is 11.1 Å². The molecular formula is C20H27N5O. The highest BCUT2D eigenvalue weighted by atomic mass is 16.2. The molecule has 1 aliphatic rings. The van der Waals surface area contributed by atoms with Crippen LogP contribution < -0.4 is 26.6 Å². The van der Waals surface area contributed by atoms with Crippen LogP contribution in [-0.2, 0) is 0 Å². The Morgan fingerprint density at radius 2 is 1.73 bits per heavy atom. The van der Waals surface area contributed by atoms with Crippen LogP contribution in [0, 0.1) is 0 Å². The molecule has 3 unspecified atom stereocenters. The molecule has 0 bridgehead atoms. The summed E-state index contributed by atoms with van der Waals surface area (Å²) in [4.78, 5) is 12.3. The van der Waals surface area contributed by atoms with Crippen molar-refractivity contribution in [2.45, 2.75) is 38.8 Å². The summed E-state index contributed by atoms with van der Waals surface area (Å²) in [6.07, 6.45) is 0.882. The lowest BCUT2D eigenvalue weighted by atomic mass is 10.1. The van der Waals surface area contributed by atoms with E-state index in [4.69, 9.17) is 0 Å². The van der Waals surface area contributed by atoms with E-state index in [2.05, 4.69) is 52.6 Å². The molecule has 1 aliphatic heterocycles. The van der Waals surface area contributed by atoms with Crippen molar-refractivity contribution in [2.75, 3.05) is 11.9 Å². The summed E-state index contributed by atoms with van der Waals surface area (Å²) < 4.78 is 0. The number of nitrogens with one attached hydrogen (secondary N) is 5. The van der Waals surface area contributed by atoms with Crippen LogP contribution in [0.1, 0.15) is 20.3 Å². The lowest BCUT2D eigenvalue weighted by Gasteiger charge is -2.36. The molecule has 2 aromatic rings. The maximum atomic E-state index is 12.3. The standard InChI is InChI=1S/C20H27N5O/c1-3-21-18-13-14(2)22-19(24-18)25-20(26)23-17-11-9-16(10-12-17)15-7-5-4-6-8-15/h4-12,14,18-19,21-22,24H,3,13H2,1-2H3,(H2,23,25,26). The van der Waals surface area contributed by atoms with Gasteiger partial charge in [-0.1, -0.05) is 49.4 Å². The second kappa shape index (κ2) is 8.80. The summed E-state index contributed by atoms with van der Waals surface area (Å²) in [6.45, 7) is 5.07. The number of carbonyl (C=O) groups excluding carboxylic acids is 1. The fourth-order valence-electron chi connectivity index (χ4n) is 3.17. The second-order valence-corrected chi connectivity index (χ2v) is 6.56. The number of hydrogen-bond donors (Lipinski definition) is 5. The van der Waals surface area contributed by atoms with Crippen LogP contribution in [-0.4, -0.2) is 31.1 Å². The molecule has 26 heavy (non-hydrogen) atoms. The Bertz CT molecular complexity index is 704. The molecule has 3 rings (SSSR count). The maximum Gasteiger partial charge on any atom is 0.321 e. The second-order valence-electron chi connectivity index (χ2n) is 6.56. The Hall–Kier alpha value is -2.41. The normalized spacial score (nSPS) is 22.6. The van der Waals surface area contributed by atoms with E-state index in [0.29, 0.717) is 6.04 Å². The smallest absolute Gasteiger partial charge is 0.310 e. The van der Waals surface area contributed by atoms with Gasteiger partial charge >= 0.3 is 6.03 Å². The Morgan fingerprint density at radius 3 is 2.42 bits per heavy atom. The van der Waals surface area contributed by atoms with Gasteiger partial charge in [-0.25, -0.2) is 4.79 Å². The number of benzene rings is 2. The molecule has 3 atom stereocenters. The first kappa shape index (κ1) is 18.4. The number of anilines is 1. The van der Waals surface area contributed by atoms with Gasteiger partial charge in [-0.15, -0.1) is 0 Å². The van der Waals surface area contributed by atoms with Crippen molar-refractivity contribution in [3.63, 3.8) is 0 Å². The zero-order valence-electron chi connectivity index (χ0n) is 15.3. The third kappa shape index (κ3) is 5.05. The summed E-state index contributed by atoms with van der Waals surface area (Å²) in [5, 5.41) is 15.8. The van der Waals surface area contributed by atoms with E-state index in [9.17, 15) is 4.79 Å². The summed E-state index contributed by atoms with van der Waals surface area (Å²) >= 11 is 0. The third-order valence-corrected chi connectivity index (χ3v) is 4.38. The zero-order chi connectivity index (χ0) is 18.4. The fraction of sp³-hybridized carbons (Fsp3) is 0.350. The largest absolute Gasteiger partial charge is 0.321 e. The maximum absolute atomic E-state index is 12.3.